The highest BCUT2D eigenvalue weighted by Gasteiger charge is 2.31. The summed E-state index contributed by atoms with van der Waals surface area (Å²) in [5.41, 5.74) is -2.27. The van der Waals surface area contributed by atoms with Crippen LogP contribution >= 0.6 is 0 Å². The zero-order chi connectivity index (χ0) is 14.1. The number of aldehydes is 1. The molecule has 0 aromatic heterocycles. The summed E-state index contributed by atoms with van der Waals surface area (Å²) < 4.78 is 32.7. The van der Waals surface area contributed by atoms with Gasteiger partial charge in [0.1, 0.15) is 0 Å². The molecule has 0 heterocycles. The lowest BCUT2D eigenvalue weighted by molar-refractivity contribution is -0.146. The van der Waals surface area contributed by atoms with Gasteiger partial charge >= 0.3 is 22.1 Å². The lowest BCUT2D eigenvalue weighted by Gasteiger charge is -2.06. The topological polar surface area (TPSA) is 133 Å². The van der Waals surface area contributed by atoms with Crippen LogP contribution in [0.2, 0.25) is 0 Å². The zero-order valence-electron chi connectivity index (χ0n) is 9.28. The third-order valence-electron chi connectivity index (χ3n) is 1.21. The Morgan fingerprint density at radius 3 is 1.82 bits per heavy atom. The van der Waals surface area contributed by atoms with Crippen LogP contribution in [0.4, 0.5) is 0 Å². The van der Waals surface area contributed by atoms with Crippen LogP contribution in [0.1, 0.15) is 0 Å². The molecule has 0 spiro atoms. The molecule has 1 atom stereocenters. The fourth-order valence-electron chi connectivity index (χ4n) is 0.358. The minimum Gasteiger partial charge on any atom is -0.466 e. The van der Waals surface area contributed by atoms with Crippen molar-refractivity contribution in [2.75, 3.05) is 21.3 Å². The zero-order valence-corrected chi connectivity index (χ0v) is 10.1. The maximum atomic E-state index is 10.5. The van der Waals surface area contributed by atoms with Crippen LogP contribution in [-0.2, 0) is 38.2 Å². The second-order valence-corrected chi connectivity index (χ2v) is 3.94. The quantitative estimate of drug-likeness (QED) is 0.262. The maximum Gasteiger partial charge on any atom is 0.371 e. The molecule has 9 nitrogen and oxygen atoms in total. The minimum atomic E-state index is -4.23. The van der Waals surface area contributed by atoms with E-state index in [1.807, 2.05) is 0 Å². The number of aliphatic hydroxyl groups excluding tert-OH is 1. The monoisotopic (exact) mass is 272 g/mol. The van der Waals surface area contributed by atoms with Gasteiger partial charge in [-0.05, 0) is 0 Å². The number of carbonyl (C=O) groups excluding carboxylic acids is 3. The van der Waals surface area contributed by atoms with Crippen molar-refractivity contribution in [3.8, 4) is 0 Å². The fraction of sp³-hybridized carbons (Fsp3) is 0.571. The average molecular weight is 272 g/mol. The highest BCUT2D eigenvalue weighted by atomic mass is 32.2. The fourth-order valence-corrected chi connectivity index (χ4v) is 0.872. The first-order chi connectivity index (χ1) is 7.76. The molecule has 10 heteroatoms. The van der Waals surface area contributed by atoms with Gasteiger partial charge in [-0.1, -0.05) is 0 Å². The summed E-state index contributed by atoms with van der Waals surface area (Å²) in [4.78, 5) is 29.2. The third kappa shape index (κ3) is 7.38. The number of rotatable bonds is 4. The summed E-state index contributed by atoms with van der Waals surface area (Å²) in [7, 11) is -1.29. The Morgan fingerprint density at radius 2 is 1.65 bits per heavy atom. The van der Waals surface area contributed by atoms with E-state index in [-0.39, 0.29) is 6.29 Å². The molecule has 0 saturated carbocycles. The summed E-state index contributed by atoms with van der Waals surface area (Å²) in [6, 6.07) is 0. The van der Waals surface area contributed by atoms with Gasteiger partial charge in [0, 0.05) is 0 Å². The van der Waals surface area contributed by atoms with Crippen LogP contribution in [0.25, 0.3) is 0 Å². The molecule has 100 valence electrons. The van der Waals surface area contributed by atoms with E-state index in [1.165, 1.54) is 0 Å². The first kappa shape index (κ1) is 17.9. The number of methoxy groups -OCH3 is 2. The number of hydrogen-bond acceptors (Lipinski definition) is 9. The molecule has 0 aromatic rings. The number of carbonyl (C=O) groups is 3. The molecule has 1 N–H and O–H groups in total. The predicted octanol–water partition coefficient (Wildman–Crippen LogP) is -2.19. The van der Waals surface area contributed by atoms with E-state index < -0.39 is 27.5 Å². The first-order valence-corrected chi connectivity index (χ1v) is 5.32. The largest absolute Gasteiger partial charge is 0.466 e. The Labute approximate surface area is 97.4 Å². The normalized spacial score (nSPS) is 11.5. The van der Waals surface area contributed by atoms with Crippen LogP contribution < -0.4 is 0 Å². The van der Waals surface area contributed by atoms with E-state index in [0.29, 0.717) is 0 Å². The molecule has 0 fully saturated rings. The number of esters is 2. The Kier molecular flexibility index (Phi) is 9.05. The SMILES string of the molecule is COC(=O)C(O)S(=O)(=O)OC.COC(=O)C=O. The molecule has 0 rings (SSSR count). The van der Waals surface area contributed by atoms with E-state index in [9.17, 15) is 22.8 Å². The number of ether oxygens (including phenoxy) is 2. The highest BCUT2D eigenvalue weighted by molar-refractivity contribution is 7.87. The standard InChI is InChI=1S/C4H8O6S.C3H4O3/c1-9-3(5)4(6)11(7,8)10-2;1-6-3(5)2-4/h4,6H,1-2H3;2H,1H3. The molecule has 0 radical (unpaired) electrons. The minimum absolute atomic E-state index is 0.111. The Bertz CT molecular complexity index is 358. The van der Waals surface area contributed by atoms with Gasteiger partial charge in [-0.25, -0.2) is 9.59 Å². The van der Waals surface area contributed by atoms with Crippen LogP contribution in [0.15, 0.2) is 0 Å². The van der Waals surface area contributed by atoms with Crippen molar-refractivity contribution in [3.63, 3.8) is 0 Å². The smallest absolute Gasteiger partial charge is 0.371 e. The molecule has 1 unspecified atom stereocenters. The molecule has 0 bridgehead atoms. The first-order valence-electron chi connectivity index (χ1n) is 3.85. The van der Waals surface area contributed by atoms with Crippen molar-refractivity contribution < 1.29 is 41.6 Å². The van der Waals surface area contributed by atoms with E-state index in [0.717, 1.165) is 21.3 Å². The molecule has 17 heavy (non-hydrogen) atoms. The predicted molar refractivity (Wildman–Crippen MR) is 52.0 cm³/mol. The second kappa shape index (κ2) is 8.61. The van der Waals surface area contributed by atoms with Gasteiger partial charge in [-0.15, -0.1) is 0 Å². The summed E-state index contributed by atoms with van der Waals surface area (Å²) in [6.07, 6.45) is 0.111. The van der Waals surface area contributed by atoms with Gasteiger partial charge in [0.05, 0.1) is 21.3 Å². The summed E-state index contributed by atoms with van der Waals surface area (Å²) in [5.74, 6) is -2.11. The van der Waals surface area contributed by atoms with Gasteiger partial charge < -0.3 is 14.6 Å². The molecule has 0 aromatic carbocycles. The highest BCUT2D eigenvalue weighted by Crippen LogP contribution is 2.00. The molecule has 0 aliphatic rings. The van der Waals surface area contributed by atoms with Gasteiger partial charge in [0.25, 0.3) is 5.44 Å². The maximum absolute atomic E-state index is 10.5. The van der Waals surface area contributed by atoms with Crippen molar-refractivity contribution >= 4 is 28.3 Å². The summed E-state index contributed by atoms with van der Waals surface area (Å²) in [5, 5.41) is 8.66. The molecule has 0 saturated heterocycles. The summed E-state index contributed by atoms with van der Waals surface area (Å²) in [6.45, 7) is 0. The van der Waals surface area contributed by atoms with Gasteiger partial charge in [0.2, 0.25) is 6.29 Å². The molecule has 0 aliphatic heterocycles. The Hall–Kier alpha value is -1.52. The van der Waals surface area contributed by atoms with E-state index in [2.05, 4.69) is 13.7 Å². The lowest BCUT2D eigenvalue weighted by atomic mass is 10.7. The van der Waals surface area contributed by atoms with Crippen molar-refractivity contribution in [1.29, 1.82) is 0 Å². The van der Waals surface area contributed by atoms with Crippen LogP contribution in [-0.4, -0.2) is 58.5 Å². The Morgan fingerprint density at radius 1 is 1.18 bits per heavy atom. The van der Waals surface area contributed by atoms with Crippen molar-refractivity contribution in [1.82, 2.24) is 0 Å². The molecule has 0 aliphatic carbocycles. The molecular weight excluding hydrogens is 260 g/mol. The summed E-state index contributed by atoms with van der Waals surface area (Å²) >= 11 is 0. The van der Waals surface area contributed by atoms with Crippen molar-refractivity contribution in [2.24, 2.45) is 0 Å². The van der Waals surface area contributed by atoms with Crippen molar-refractivity contribution in [3.05, 3.63) is 0 Å². The second-order valence-electron chi connectivity index (χ2n) is 2.18. The average Bonchev–Trinajstić information content (AvgIpc) is 2.36. The van der Waals surface area contributed by atoms with Gasteiger partial charge in [-0.3, -0.25) is 8.98 Å². The number of hydrogen-bond donors (Lipinski definition) is 1. The Balaban J connectivity index is 0. The third-order valence-corrected chi connectivity index (χ3v) is 2.41. The van der Waals surface area contributed by atoms with E-state index in [1.54, 1.807) is 0 Å². The lowest BCUT2D eigenvalue weighted by Crippen LogP contribution is -2.31. The van der Waals surface area contributed by atoms with E-state index in [4.69, 9.17) is 5.11 Å². The van der Waals surface area contributed by atoms with Crippen LogP contribution in [0, 0.1) is 0 Å². The molecule has 0 amide bonds. The van der Waals surface area contributed by atoms with Crippen molar-refractivity contribution in [2.45, 2.75) is 5.44 Å². The van der Waals surface area contributed by atoms with E-state index >= 15 is 0 Å². The number of aliphatic hydroxyl groups is 1. The van der Waals surface area contributed by atoms with Gasteiger partial charge in [0.15, 0.2) is 0 Å². The van der Waals surface area contributed by atoms with Crippen LogP contribution in [0.5, 0.6) is 0 Å². The van der Waals surface area contributed by atoms with Gasteiger partial charge in [-0.2, -0.15) is 8.42 Å². The van der Waals surface area contributed by atoms with Crippen LogP contribution in [0.3, 0.4) is 0 Å². The molecular formula is C7H12O9S.